The standard InChI is InChI=1S/C26H22Cl2N2O5/c27-16-6-7-19(28)20(10-16)29-12-15(9-21(29)31)26(34)35-18-3-1-2-17(11-18)30-24(32)22-13-4-5-14(8-13)23(22)25(30)33/h1-3,6-7,10-11,13-15,22-23H,4-5,8-9,12H2/t13-,14-,15-,22+,23+/m0/s1. The molecule has 180 valence electrons. The minimum Gasteiger partial charge on any atom is -0.426 e. The van der Waals surface area contributed by atoms with Crippen molar-refractivity contribution in [2.75, 3.05) is 16.3 Å². The van der Waals surface area contributed by atoms with E-state index in [2.05, 4.69) is 0 Å². The molecule has 9 heteroatoms. The number of carbonyl (C=O) groups is 4. The highest BCUT2D eigenvalue weighted by Gasteiger charge is 2.61. The minimum absolute atomic E-state index is 0.0173. The molecule has 2 aromatic carbocycles. The molecule has 2 heterocycles. The fourth-order valence-corrected chi connectivity index (χ4v) is 6.73. The Hall–Kier alpha value is -2.90. The molecule has 7 nitrogen and oxygen atoms in total. The van der Waals surface area contributed by atoms with Crippen molar-refractivity contribution in [1.29, 1.82) is 0 Å². The molecule has 35 heavy (non-hydrogen) atoms. The lowest BCUT2D eigenvalue weighted by atomic mass is 9.81. The third-order valence-electron chi connectivity index (χ3n) is 7.88. The Morgan fingerprint density at radius 2 is 1.66 bits per heavy atom. The summed E-state index contributed by atoms with van der Waals surface area (Å²) in [6.07, 6.45) is 2.97. The van der Waals surface area contributed by atoms with Crippen molar-refractivity contribution in [3.8, 4) is 5.75 Å². The second kappa shape index (κ2) is 8.35. The molecule has 0 radical (unpaired) electrons. The lowest BCUT2D eigenvalue weighted by Gasteiger charge is -2.19. The zero-order valence-electron chi connectivity index (χ0n) is 18.7. The zero-order valence-corrected chi connectivity index (χ0v) is 20.2. The molecule has 4 aliphatic rings. The molecule has 2 aromatic rings. The summed E-state index contributed by atoms with van der Waals surface area (Å²) < 4.78 is 5.58. The van der Waals surface area contributed by atoms with Crippen LogP contribution in [0.25, 0.3) is 0 Å². The monoisotopic (exact) mass is 512 g/mol. The van der Waals surface area contributed by atoms with Crippen molar-refractivity contribution in [1.82, 2.24) is 0 Å². The van der Waals surface area contributed by atoms with Crippen molar-refractivity contribution in [2.45, 2.75) is 25.7 Å². The van der Waals surface area contributed by atoms with Crippen LogP contribution in [0, 0.1) is 29.6 Å². The van der Waals surface area contributed by atoms with E-state index >= 15 is 0 Å². The molecule has 0 aromatic heterocycles. The van der Waals surface area contributed by atoms with Crippen LogP contribution in [-0.2, 0) is 19.2 Å². The van der Waals surface area contributed by atoms with Crippen molar-refractivity contribution >= 4 is 58.3 Å². The van der Waals surface area contributed by atoms with Gasteiger partial charge in [0.2, 0.25) is 17.7 Å². The first-order chi connectivity index (χ1) is 16.8. The molecule has 0 unspecified atom stereocenters. The minimum atomic E-state index is -0.689. The number of benzene rings is 2. The fraction of sp³-hybridized carbons (Fsp3) is 0.385. The molecule has 4 fully saturated rings. The van der Waals surface area contributed by atoms with Gasteiger partial charge in [-0.1, -0.05) is 29.3 Å². The van der Waals surface area contributed by atoms with E-state index < -0.39 is 11.9 Å². The van der Waals surface area contributed by atoms with Crippen molar-refractivity contribution in [3.63, 3.8) is 0 Å². The first kappa shape index (κ1) is 22.6. The van der Waals surface area contributed by atoms with Crippen LogP contribution in [0.5, 0.6) is 5.75 Å². The van der Waals surface area contributed by atoms with E-state index in [9.17, 15) is 19.2 Å². The molecule has 2 bridgehead atoms. The second-order valence-corrected chi connectivity index (χ2v) is 10.7. The van der Waals surface area contributed by atoms with Crippen LogP contribution in [0.2, 0.25) is 10.0 Å². The highest BCUT2D eigenvalue weighted by atomic mass is 35.5. The summed E-state index contributed by atoms with van der Waals surface area (Å²) in [7, 11) is 0. The van der Waals surface area contributed by atoms with Gasteiger partial charge in [-0.3, -0.25) is 19.2 Å². The van der Waals surface area contributed by atoms with Crippen LogP contribution in [0.1, 0.15) is 25.7 Å². The molecular weight excluding hydrogens is 491 g/mol. The van der Waals surface area contributed by atoms with E-state index in [-0.39, 0.29) is 48.3 Å². The number of ether oxygens (including phenoxy) is 1. The Labute approximate surface area is 211 Å². The smallest absolute Gasteiger partial charge is 0.316 e. The number of hydrogen-bond donors (Lipinski definition) is 0. The first-order valence-corrected chi connectivity index (χ1v) is 12.5. The Morgan fingerprint density at radius 3 is 2.37 bits per heavy atom. The normalized spacial score (nSPS) is 29.3. The number of anilines is 2. The van der Waals surface area contributed by atoms with Gasteiger partial charge in [0, 0.05) is 24.1 Å². The summed E-state index contributed by atoms with van der Waals surface area (Å²) in [4.78, 5) is 54.4. The number of amides is 3. The van der Waals surface area contributed by atoms with E-state index in [0.717, 1.165) is 19.3 Å². The maximum Gasteiger partial charge on any atom is 0.316 e. The number of esters is 1. The Bertz CT molecular complexity index is 1250. The first-order valence-electron chi connectivity index (χ1n) is 11.8. The lowest BCUT2D eigenvalue weighted by Crippen LogP contribution is -2.32. The van der Waals surface area contributed by atoms with Gasteiger partial charge in [-0.15, -0.1) is 0 Å². The summed E-state index contributed by atoms with van der Waals surface area (Å²) >= 11 is 12.3. The summed E-state index contributed by atoms with van der Waals surface area (Å²) in [5.74, 6) is -1.43. The highest BCUT2D eigenvalue weighted by Crippen LogP contribution is 2.56. The molecule has 6 rings (SSSR count). The summed E-state index contributed by atoms with van der Waals surface area (Å²) in [6.45, 7) is 0.118. The van der Waals surface area contributed by atoms with Gasteiger partial charge in [0.05, 0.1) is 34.2 Å². The number of nitrogens with zero attached hydrogens (tertiary/aromatic N) is 2. The highest BCUT2D eigenvalue weighted by molar-refractivity contribution is 6.36. The largest absolute Gasteiger partial charge is 0.426 e. The van der Waals surface area contributed by atoms with Crippen molar-refractivity contribution in [2.24, 2.45) is 29.6 Å². The third kappa shape index (κ3) is 3.64. The maximum atomic E-state index is 13.1. The predicted octanol–water partition coefficient (Wildman–Crippen LogP) is 4.49. The van der Waals surface area contributed by atoms with Crippen molar-refractivity contribution < 1.29 is 23.9 Å². The Kier molecular flexibility index (Phi) is 5.38. The van der Waals surface area contributed by atoms with Gasteiger partial charge in [0.1, 0.15) is 5.75 Å². The van der Waals surface area contributed by atoms with Crippen LogP contribution in [0.3, 0.4) is 0 Å². The molecule has 2 aliphatic carbocycles. The molecule has 2 saturated heterocycles. The molecular formula is C26H22Cl2N2O5. The average molecular weight is 513 g/mol. The number of rotatable bonds is 4. The molecule has 0 spiro atoms. The lowest BCUT2D eigenvalue weighted by molar-refractivity contribution is -0.139. The summed E-state index contributed by atoms with van der Waals surface area (Å²) in [5, 5.41) is 0.797. The number of halogens is 2. The number of hydrogen-bond acceptors (Lipinski definition) is 5. The van der Waals surface area contributed by atoms with Gasteiger partial charge < -0.3 is 9.64 Å². The van der Waals surface area contributed by atoms with Crippen molar-refractivity contribution in [3.05, 3.63) is 52.5 Å². The van der Waals surface area contributed by atoms with Crippen LogP contribution in [0.15, 0.2) is 42.5 Å². The average Bonchev–Trinajstić information content (AvgIpc) is 3.59. The van der Waals surface area contributed by atoms with E-state index in [1.165, 1.54) is 9.80 Å². The SMILES string of the molecule is O=C(Oc1cccc(N2C(=O)[C@@H]3[C@H]4CC[C@@H](C4)[C@H]3C2=O)c1)[C@H]1CC(=O)N(c2cc(Cl)ccc2Cl)C1. The van der Waals surface area contributed by atoms with Gasteiger partial charge >= 0.3 is 5.97 Å². The van der Waals surface area contributed by atoms with Gasteiger partial charge in [-0.25, -0.2) is 4.90 Å². The second-order valence-electron chi connectivity index (χ2n) is 9.82. The van der Waals surface area contributed by atoms with Gasteiger partial charge in [-0.2, -0.15) is 0 Å². The maximum absolute atomic E-state index is 13.1. The molecule has 0 N–H and O–H groups in total. The van der Waals surface area contributed by atoms with Gasteiger partial charge in [-0.05, 0) is 61.4 Å². The van der Waals surface area contributed by atoms with E-state index in [4.69, 9.17) is 27.9 Å². The van der Waals surface area contributed by atoms with E-state index in [0.29, 0.717) is 33.3 Å². The topological polar surface area (TPSA) is 84.0 Å². The number of carbonyl (C=O) groups excluding carboxylic acids is 4. The summed E-state index contributed by atoms with van der Waals surface area (Å²) in [6, 6.07) is 11.3. The fourth-order valence-electron chi connectivity index (χ4n) is 6.34. The molecule has 3 amide bonds. The summed E-state index contributed by atoms with van der Waals surface area (Å²) in [5.41, 5.74) is 0.862. The molecule has 2 aliphatic heterocycles. The zero-order chi connectivity index (χ0) is 24.4. The van der Waals surface area contributed by atoms with Crippen LogP contribution >= 0.6 is 23.2 Å². The van der Waals surface area contributed by atoms with Crippen LogP contribution in [0.4, 0.5) is 11.4 Å². The quantitative estimate of drug-likeness (QED) is 0.342. The van der Waals surface area contributed by atoms with Crippen LogP contribution < -0.4 is 14.5 Å². The van der Waals surface area contributed by atoms with E-state index in [1.54, 1.807) is 42.5 Å². The number of imide groups is 1. The third-order valence-corrected chi connectivity index (χ3v) is 8.43. The van der Waals surface area contributed by atoms with E-state index in [1.807, 2.05) is 0 Å². The van der Waals surface area contributed by atoms with Gasteiger partial charge in [0.25, 0.3) is 0 Å². The Balaban J connectivity index is 1.17. The van der Waals surface area contributed by atoms with Gasteiger partial charge in [0.15, 0.2) is 0 Å². The molecule has 5 atom stereocenters. The number of fused-ring (bicyclic) bond motifs is 5. The van der Waals surface area contributed by atoms with Crippen LogP contribution in [-0.4, -0.2) is 30.2 Å². The molecule has 2 saturated carbocycles. The Morgan fingerprint density at radius 1 is 0.943 bits per heavy atom. The predicted molar refractivity (Wildman–Crippen MR) is 129 cm³/mol.